The first-order valence-corrected chi connectivity index (χ1v) is 8.16. The minimum Gasteiger partial charge on any atom is -0.497 e. The molecule has 0 heterocycles. The number of carbonyl (C=O) groups excluding carboxylic acids is 1. The lowest BCUT2D eigenvalue weighted by Crippen LogP contribution is -2.15. The maximum atomic E-state index is 12.5. The van der Waals surface area contributed by atoms with Crippen LogP contribution in [0, 0.1) is 11.3 Å². The number of hydrogen-bond acceptors (Lipinski definition) is 6. The van der Waals surface area contributed by atoms with Gasteiger partial charge in [-0.1, -0.05) is 6.07 Å². The smallest absolute Gasteiger partial charge is 0.267 e. The molecule has 2 rings (SSSR count). The summed E-state index contributed by atoms with van der Waals surface area (Å²) < 4.78 is 10.4. The first-order chi connectivity index (χ1) is 13.0. The molecule has 0 spiro atoms. The molecule has 0 aliphatic heterocycles. The predicted octanol–water partition coefficient (Wildman–Crippen LogP) is 3.23. The summed E-state index contributed by atoms with van der Waals surface area (Å²) in [7, 11) is 6.90. The van der Waals surface area contributed by atoms with Gasteiger partial charge in [0.05, 0.1) is 19.9 Å². The lowest BCUT2D eigenvalue weighted by atomic mass is 10.2. The van der Waals surface area contributed by atoms with Crippen LogP contribution in [0.15, 0.2) is 54.2 Å². The molecule has 2 aromatic carbocycles. The van der Waals surface area contributed by atoms with E-state index < -0.39 is 5.91 Å². The predicted molar refractivity (Wildman–Crippen MR) is 106 cm³/mol. The van der Waals surface area contributed by atoms with Crippen molar-refractivity contribution in [2.24, 2.45) is 0 Å². The fraction of sp³-hybridized carbons (Fsp3) is 0.200. The summed E-state index contributed by atoms with van der Waals surface area (Å²) in [5.41, 5.74) is 2.10. The minimum atomic E-state index is -0.555. The SMILES string of the molecule is COc1ccc(OC)c(NC(=O)/C(C#N)=C\Nc2cccc(N(C)C)c2)c1. The van der Waals surface area contributed by atoms with Gasteiger partial charge < -0.3 is 25.0 Å². The Hall–Kier alpha value is -3.66. The van der Waals surface area contributed by atoms with Gasteiger partial charge in [0.15, 0.2) is 0 Å². The van der Waals surface area contributed by atoms with Crippen LogP contribution in [0.3, 0.4) is 0 Å². The van der Waals surface area contributed by atoms with Crippen molar-refractivity contribution < 1.29 is 14.3 Å². The summed E-state index contributed by atoms with van der Waals surface area (Å²) in [6, 6.07) is 14.5. The third-order valence-electron chi connectivity index (χ3n) is 3.77. The van der Waals surface area contributed by atoms with Crippen molar-refractivity contribution in [3.8, 4) is 17.6 Å². The lowest BCUT2D eigenvalue weighted by Gasteiger charge is -2.13. The number of hydrogen-bond donors (Lipinski definition) is 2. The molecule has 0 radical (unpaired) electrons. The normalized spacial score (nSPS) is 10.6. The lowest BCUT2D eigenvalue weighted by molar-refractivity contribution is -0.112. The van der Waals surface area contributed by atoms with Crippen LogP contribution in [-0.2, 0) is 4.79 Å². The average Bonchev–Trinajstić information content (AvgIpc) is 2.68. The van der Waals surface area contributed by atoms with Crippen molar-refractivity contribution in [2.75, 3.05) is 43.8 Å². The van der Waals surface area contributed by atoms with Crippen molar-refractivity contribution in [3.63, 3.8) is 0 Å². The maximum Gasteiger partial charge on any atom is 0.267 e. The van der Waals surface area contributed by atoms with Crippen LogP contribution in [-0.4, -0.2) is 34.2 Å². The van der Waals surface area contributed by atoms with E-state index in [1.165, 1.54) is 20.4 Å². The quantitative estimate of drug-likeness (QED) is 0.578. The van der Waals surface area contributed by atoms with E-state index in [0.717, 1.165) is 11.4 Å². The molecule has 1 amide bonds. The molecule has 140 valence electrons. The average molecular weight is 366 g/mol. The van der Waals surface area contributed by atoms with Gasteiger partial charge in [0.2, 0.25) is 0 Å². The van der Waals surface area contributed by atoms with Crippen molar-refractivity contribution in [2.45, 2.75) is 0 Å². The summed E-state index contributed by atoms with van der Waals surface area (Å²) >= 11 is 0. The van der Waals surface area contributed by atoms with E-state index in [1.807, 2.05) is 49.3 Å². The summed E-state index contributed by atoms with van der Waals surface area (Å²) in [5.74, 6) is 0.473. The molecule has 27 heavy (non-hydrogen) atoms. The second kappa shape index (κ2) is 9.15. The van der Waals surface area contributed by atoms with E-state index in [2.05, 4.69) is 10.6 Å². The molecule has 7 heteroatoms. The first-order valence-electron chi connectivity index (χ1n) is 8.16. The maximum absolute atomic E-state index is 12.5. The van der Waals surface area contributed by atoms with Crippen molar-refractivity contribution in [1.29, 1.82) is 5.26 Å². The van der Waals surface area contributed by atoms with Gasteiger partial charge in [-0.3, -0.25) is 4.79 Å². The monoisotopic (exact) mass is 366 g/mol. The largest absolute Gasteiger partial charge is 0.497 e. The van der Waals surface area contributed by atoms with E-state index >= 15 is 0 Å². The standard InChI is InChI=1S/C20H22N4O3/c1-24(2)16-7-5-6-15(10-16)22-13-14(12-21)20(25)23-18-11-17(26-3)8-9-19(18)27-4/h5-11,13,22H,1-4H3,(H,23,25)/b14-13-. The Morgan fingerprint density at radius 2 is 1.93 bits per heavy atom. The highest BCUT2D eigenvalue weighted by Gasteiger charge is 2.13. The molecule has 0 aromatic heterocycles. The minimum absolute atomic E-state index is 0.0740. The van der Waals surface area contributed by atoms with Gasteiger partial charge in [0.1, 0.15) is 23.1 Å². The zero-order chi connectivity index (χ0) is 19.8. The molecule has 0 saturated heterocycles. The Balaban J connectivity index is 2.18. The number of nitrogens with zero attached hydrogens (tertiary/aromatic N) is 2. The first kappa shape index (κ1) is 19.7. The van der Waals surface area contributed by atoms with Gasteiger partial charge in [0, 0.05) is 37.7 Å². The number of amides is 1. The molecular formula is C20H22N4O3. The number of nitrogens with one attached hydrogen (secondary N) is 2. The van der Waals surface area contributed by atoms with Crippen molar-refractivity contribution >= 4 is 23.0 Å². The zero-order valence-corrected chi connectivity index (χ0v) is 15.7. The van der Waals surface area contributed by atoms with Crippen molar-refractivity contribution in [3.05, 3.63) is 54.2 Å². The van der Waals surface area contributed by atoms with E-state index in [-0.39, 0.29) is 5.57 Å². The molecule has 2 aromatic rings. The van der Waals surface area contributed by atoms with E-state index in [1.54, 1.807) is 18.2 Å². The number of ether oxygens (including phenoxy) is 2. The Morgan fingerprint density at radius 3 is 2.56 bits per heavy atom. The van der Waals surface area contributed by atoms with E-state index in [0.29, 0.717) is 17.2 Å². The second-order valence-electron chi connectivity index (χ2n) is 5.78. The highest BCUT2D eigenvalue weighted by Crippen LogP contribution is 2.29. The fourth-order valence-electron chi connectivity index (χ4n) is 2.28. The van der Waals surface area contributed by atoms with Crippen LogP contribution in [0.2, 0.25) is 0 Å². The fourth-order valence-corrected chi connectivity index (χ4v) is 2.28. The van der Waals surface area contributed by atoms with Gasteiger partial charge in [-0.25, -0.2) is 0 Å². The van der Waals surface area contributed by atoms with Gasteiger partial charge >= 0.3 is 0 Å². The molecule has 0 bridgehead atoms. The molecule has 0 saturated carbocycles. The summed E-state index contributed by atoms with van der Waals surface area (Å²) in [6.45, 7) is 0. The molecule has 0 unspecified atom stereocenters. The summed E-state index contributed by atoms with van der Waals surface area (Å²) in [5, 5.41) is 15.0. The molecule has 0 aliphatic rings. The molecule has 7 nitrogen and oxygen atoms in total. The molecule has 0 fully saturated rings. The molecular weight excluding hydrogens is 344 g/mol. The Kier molecular flexibility index (Phi) is 6.67. The Bertz CT molecular complexity index is 885. The van der Waals surface area contributed by atoms with Crippen LogP contribution in [0.1, 0.15) is 0 Å². The third kappa shape index (κ3) is 5.16. The van der Waals surface area contributed by atoms with E-state index in [9.17, 15) is 10.1 Å². The van der Waals surface area contributed by atoms with Gasteiger partial charge in [0.25, 0.3) is 5.91 Å². The highest BCUT2D eigenvalue weighted by molar-refractivity contribution is 6.07. The third-order valence-corrected chi connectivity index (χ3v) is 3.77. The van der Waals surface area contributed by atoms with Gasteiger partial charge in [-0.2, -0.15) is 5.26 Å². The van der Waals surface area contributed by atoms with Crippen LogP contribution in [0.5, 0.6) is 11.5 Å². The van der Waals surface area contributed by atoms with Crippen LogP contribution >= 0.6 is 0 Å². The number of methoxy groups -OCH3 is 2. The van der Waals surface area contributed by atoms with Crippen LogP contribution in [0.4, 0.5) is 17.1 Å². The summed E-state index contributed by atoms with van der Waals surface area (Å²) in [4.78, 5) is 14.4. The molecule has 0 atom stereocenters. The Morgan fingerprint density at radius 1 is 1.15 bits per heavy atom. The van der Waals surface area contributed by atoms with Crippen LogP contribution in [0.25, 0.3) is 0 Å². The summed E-state index contributed by atoms with van der Waals surface area (Å²) in [6.07, 6.45) is 1.37. The van der Waals surface area contributed by atoms with Gasteiger partial charge in [-0.05, 0) is 30.3 Å². The number of nitriles is 1. The Labute approximate surface area is 158 Å². The highest BCUT2D eigenvalue weighted by atomic mass is 16.5. The zero-order valence-electron chi connectivity index (χ0n) is 15.7. The van der Waals surface area contributed by atoms with E-state index in [4.69, 9.17) is 9.47 Å². The number of rotatable bonds is 7. The van der Waals surface area contributed by atoms with Gasteiger partial charge in [-0.15, -0.1) is 0 Å². The number of anilines is 3. The topological polar surface area (TPSA) is 86.6 Å². The molecule has 0 aliphatic carbocycles. The number of benzene rings is 2. The van der Waals surface area contributed by atoms with Crippen molar-refractivity contribution in [1.82, 2.24) is 0 Å². The second-order valence-corrected chi connectivity index (χ2v) is 5.78. The number of carbonyl (C=O) groups is 1. The molecule has 2 N–H and O–H groups in total. The van der Waals surface area contributed by atoms with Crippen LogP contribution < -0.4 is 25.0 Å².